The van der Waals surface area contributed by atoms with Crippen molar-refractivity contribution >= 4 is 16.7 Å². The summed E-state index contributed by atoms with van der Waals surface area (Å²) in [5.41, 5.74) is 0. The van der Waals surface area contributed by atoms with E-state index in [1.165, 1.54) is 17.9 Å². The summed E-state index contributed by atoms with van der Waals surface area (Å²) in [5.74, 6) is 0. The van der Waals surface area contributed by atoms with E-state index in [-0.39, 0.29) is 18.8 Å². The van der Waals surface area contributed by atoms with Crippen LogP contribution in [0, 0.1) is 0 Å². The first-order valence-corrected chi connectivity index (χ1v) is 5.42. The number of nitrogens with one attached hydrogen (secondary N) is 1. The Labute approximate surface area is 86.3 Å². The minimum Gasteiger partial charge on any atom is -0.394 e. The van der Waals surface area contributed by atoms with Crippen molar-refractivity contribution in [3.8, 4) is 0 Å². The molecule has 2 heterocycles. The van der Waals surface area contributed by atoms with Gasteiger partial charge < -0.3 is 15.2 Å². The molecule has 78 valence electrons. The molecular formula is C8H13N3O2S. The molecule has 5 nitrogen and oxygen atoms in total. The summed E-state index contributed by atoms with van der Waals surface area (Å²) >= 11 is 1.34. The molecule has 0 radical (unpaired) electrons. The quantitative estimate of drug-likeness (QED) is 0.765. The number of aliphatic hydroxyl groups excluding tert-OH is 1. The molecule has 0 saturated carbocycles. The third kappa shape index (κ3) is 2.40. The number of hydrogen-bond donors (Lipinski definition) is 2. The number of aromatic nitrogens is 2. The number of rotatable bonds is 4. The van der Waals surface area contributed by atoms with Crippen LogP contribution in [0.4, 0.5) is 5.13 Å². The SMILES string of the molecule is OC[C@@H]1CC[C@H](CNc2ncns2)O1. The summed E-state index contributed by atoms with van der Waals surface area (Å²) in [4.78, 5) is 4.01. The van der Waals surface area contributed by atoms with Crippen molar-refractivity contribution in [2.24, 2.45) is 0 Å². The molecular weight excluding hydrogens is 202 g/mol. The fourth-order valence-electron chi connectivity index (χ4n) is 1.52. The van der Waals surface area contributed by atoms with Crippen LogP contribution in [0.25, 0.3) is 0 Å². The molecule has 2 rings (SSSR count). The van der Waals surface area contributed by atoms with Crippen LogP contribution in [0.1, 0.15) is 12.8 Å². The summed E-state index contributed by atoms with van der Waals surface area (Å²) < 4.78 is 9.44. The van der Waals surface area contributed by atoms with E-state index in [4.69, 9.17) is 9.84 Å². The van der Waals surface area contributed by atoms with Gasteiger partial charge in [0.2, 0.25) is 5.13 Å². The topological polar surface area (TPSA) is 67.3 Å². The van der Waals surface area contributed by atoms with Gasteiger partial charge in [-0.05, 0) is 12.8 Å². The van der Waals surface area contributed by atoms with Crippen molar-refractivity contribution in [1.82, 2.24) is 9.36 Å². The number of anilines is 1. The average Bonchev–Trinajstić information content (AvgIpc) is 2.86. The van der Waals surface area contributed by atoms with Crippen molar-refractivity contribution in [3.63, 3.8) is 0 Å². The highest BCUT2D eigenvalue weighted by Crippen LogP contribution is 2.19. The Balaban J connectivity index is 1.72. The second-order valence-electron chi connectivity index (χ2n) is 3.27. The van der Waals surface area contributed by atoms with Gasteiger partial charge in [-0.2, -0.15) is 4.37 Å². The van der Waals surface area contributed by atoms with Gasteiger partial charge in [0.25, 0.3) is 0 Å². The molecule has 0 amide bonds. The molecule has 0 bridgehead atoms. The summed E-state index contributed by atoms with van der Waals surface area (Å²) in [7, 11) is 0. The summed E-state index contributed by atoms with van der Waals surface area (Å²) in [6.45, 7) is 0.862. The van der Waals surface area contributed by atoms with Crippen LogP contribution < -0.4 is 5.32 Å². The van der Waals surface area contributed by atoms with E-state index in [9.17, 15) is 0 Å². The van der Waals surface area contributed by atoms with Crippen molar-refractivity contribution in [1.29, 1.82) is 0 Å². The van der Waals surface area contributed by atoms with Crippen molar-refractivity contribution in [2.45, 2.75) is 25.0 Å². The predicted molar refractivity (Wildman–Crippen MR) is 53.4 cm³/mol. The first-order chi connectivity index (χ1) is 6.88. The average molecular weight is 215 g/mol. The molecule has 1 aliphatic rings. The van der Waals surface area contributed by atoms with E-state index in [0.29, 0.717) is 0 Å². The number of nitrogens with zero attached hydrogens (tertiary/aromatic N) is 2. The highest BCUT2D eigenvalue weighted by atomic mass is 32.1. The van der Waals surface area contributed by atoms with E-state index in [1.54, 1.807) is 0 Å². The largest absolute Gasteiger partial charge is 0.394 e. The summed E-state index contributed by atoms with van der Waals surface area (Å²) in [5, 5.41) is 12.8. The van der Waals surface area contributed by atoms with E-state index in [1.807, 2.05) is 0 Å². The van der Waals surface area contributed by atoms with E-state index in [0.717, 1.165) is 24.5 Å². The van der Waals surface area contributed by atoms with Gasteiger partial charge in [-0.3, -0.25) is 0 Å². The van der Waals surface area contributed by atoms with Crippen molar-refractivity contribution in [2.75, 3.05) is 18.5 Å². The lowest BCUT2D eigenvalue weighted by Crippen LogP contribution is -2.21. The van der Waals surface area contributed by atoms with Crippen LogP contribution in [0.2, 0.25) is 0 Å². The number of ether oxygens (including phenoxy) is 1. The molecule has 1 aromatic heterocycles. The second kappa shape index (κ2) is 4.68. The molecule has 6 heteroatoms. The van der Waals surface area contributed by atoms with Gasteiger partial charge in [0, 0.05) is 18.1 Å². The Morgan fingerprint density at radius 3 is 3.07 bits per heavy atom. The minimum absolute atomic E-state index is 0.0243. The van der Waals surface area contributed by atoms with E-state index in [2.05, 4.69) is 14.7 Å². The zero-order valence-corrected chi connectivity index (χ0v) is 8.54. The molecule has 14 heavy (non-hydrogen) atoms. The fraction of sp³-hybridized carbons (Fsp3) is 0.750. The van der Waals surface area contributed by atoms with Crippen LogP contribution in [0.15, 0.2) is 6.33 Å². The molecule has 1 aromatic rings. The predicted octanol–water partition coefficient (Wildman–Crippen LogP) is 0.490. The molecule has 0 spiro atoms. The third-order valence-corrected chi connectivity index (χ3v) is 2.86. The normalized spacial score (nSPS) is 26.6. The number of aliphatic hydroxyl groups is 1. The maximum atomic E-state index is 8.87. The lowest BCUT2D eigenvalue weighted by atomic mass is 10.2. The molecule has 1 aliphatic heterocycles. The fourth-order valence-corrected chi connectivity index (χ4v) is 1.95. The minimum atomic E-state index is 0.0243. The lowest BCUT2D eigenvalue weighted by Gasteiger charge is -2.11. The molecule has 1 fully saturated rings. The van der Waals surface area contributed by atoms with Gasteiger partial charge in [0.15, 0.2) is 0 Å². The third-order valence-electron chi connectivity index (χ3n) is 2.24. The first kappa shape index (κ1) is 9.82. The lowest BCUT2D eigenvalue weighted by molar-refractivity contribution is 0.0175. The van der Waals surface area contributed by atoms with Gasteiger partial charge in [0.1, 0.15) is 6.33 Å². The van der Waals surface area contributed by atoms with Crippen LogP contribution >= 0.6 is 11.5 Å². The molecule has 0 unspecified atom stereocenters. The number of hydrogen-bond acceptors (Lipinski definition) is 6. The highest BCUT2D eigenvalue weighted by Gasteiger charge is 2.24. The maximum absolute atomic E-state index is 8.87. The Hall–Kier alpha value is -0.720. The standard InChI is InChI=1S/C8H13N3O2S/c12-4-7-2-1-6(13-7)3-9-8-10-5-11-14-8/h5-7,12H,1-4H2,(H,9,10,11)/t6-,7+/m1/s1. The molecule has 2 N–H and O–H groups in total. The second-order valence-corrected chi connectivity index (χ2v) is 4.05. The summed E-state index contributed by atoms with van der Waals surface area (Å²) in [6, 6.07) is 0. The van der Waals surface area contributed by atoms with Crippen molar-refractivity contribution < 1.29 is 9.84 Å². The monoisotopic (exact) mass is 215 g/mol. The Kier molecular flexibility index (Phi) is 3.28. The van der Waals surface area contributed by atoms with Gasteiger partial charge in [-0.25, -0.2) is 4.98 Å². The Morgan fingerprint density at radius 1 is 1.57 bits per heavy atom. The summed E-state index contributed by atoms with van der Waals surface area (Å²) in [6.07, 6.45) is 3.68. The Bertz CT molecular complexity index is 268. The van der Waals surface area contributed by atoms with E-state index >= 15 is 0 Å². The zero-order valence-electron chi connectivity index (χ0n) is 7.72. The van der Waals surface area contributed by atoms with E-state index < -0.39 is 0 Å². The zero-order chi connectivity index (χ0) is 9.80. The van der Waals surface area contributed by atoms with Crippen molar-refractivity contribution in [3.05, 3.63) is 6.33 Å². The molecule has 1 saturated heterocycles. The Morgan fingerprint density at radius 2 is 2.43 bits per heavy atom. The van der Waals surface area contributed by atoms with Crippen LogP contribution in [0.3, 0.4) is 0 Å². The maximum Gasteiger partial charge on any atom is 0.202 e. The van der Waals surface area contributed by atoms with Gasteiger partial charge in [0.05, 0.1) is 18.8 Å². The van der Waals surface area contributed by atoms with Crippen LogP contribution in [-0.4, -0.2) is 39.8 Å². The molecule has 0 aromatic carbocycles. The smallest absolute Gasteiger partial charge is 0.202 e. The van der Waals surface area contributed by atoms with Gasteiger partial charge in [-0.1, -0.05) is 0 Å². The van der Waals surface area contributed by atoms with Gasteiger partial charge in [-0.15, -0.1) is 0 Å². The first-order valence-electron chi connectivity index (χ1n) is 4.65. The van der Waals surface area contributed by atoms with Crippen LogP contribution in [0.5, 0.6) is 0 Å². The van der Waals surface area contributed by atoms with Gasteiger partial charge >= 0.3 is 0 Å². The van der Waals surface area contributed by atoms with Crippen LogP contribution in [-0.2, 0) is 4.74 Å². The molecule has 0 aliphatic carbocycles. The highest BCUT2D eigenvalue weighted by molar-refractivity contribution is 7.09. The molecule has 2 atom stereocenters.